The Hall–Kier alpha value is -1.69. The standard InChI is InChI=1S/C15H20F3N3O2S/c1-13(2,9-19)10-8-11(23-21-10)20-12(22)14(3,4)24-7-5-6-15(16,17)18/h8H,5-7H2,1-4H3,(H,20,22). The van der Waals surface area contributed by atoms with Crippen LogP contribution >= 0.6 is 11.8 Å². The zero-order valence-electron chi connectivity index (χ0n) is 14.0. The number of aromatic nitrogens is 1. The Kier molecular flexibility index (Phi) is 6.33. The van der Waals surface area contributed by atoms with Gasteiger partial charge in [-0.3, -0.25) is 10.1 Å². The Labute approximate surface area is 142 Å². The molecule has 1 amide bonds. The fourth-order valence-corrected chi connectivity index (χ4v) is 2.59. The van der Waals surface area contributed by atoms with Gasteiger partial charge < -0.3 is 4.52 Å². The summed E-state index contributed by atoms with van der Waals surface area (Å²) in [6.07, 6.45) is -5.10. The van der Waals surface area contributed by atoms with Crippen molar-refractivity contribution >= 4 is 23.6 Å². The lowest BCUT2D eigenvalue weighted by Gasteiger charge is -2.22. The van der Waals surface area contributed by atoms with Crippen LogP contribution in [0, 0.1) is 11.3 Å². The Balaban J connectivity index is 2.59. The van der Waals surface area contributed by atoms with Crippen LogP contribution in [0.15, 0.2) is 10.6 Å². The maximum Gasteiger partial charge on any atom is 0.389 e. The van der Waals surface area contributed by atoms with Crippen molar-refractivity contribution in [3.05, 3.63) is 11.8 Å². The summed E-state index contributed by atoms with van der Waals surface area (Å²) >= 11 is 1.14. The average molecular weight is 363 g/mol. The van der Waals surface area contributed by atoms with Crippen LogP contribution in [0.25, 0.3) is 0 Å². The molecule has 1 N–H and O–H groups in total. The van der Waals surface area contributed by atoms with Gasteiger partial charge >= 0.3 is 6.18 Å². The molecule has 5 nitrogen and oxygen atoms in total. The summed E-state index contributed by atoms with van der Waals surface area (Å²) in [6.45, 7) is 6.57. The molecule has 0 unspecified atom stereocenters. The number of carbonyl (C=O) groups excluding carboxylic acids is 1. The molecule has 0 saturated carbocycles. The molecule has 1 rings (SSSR count). The minimum absolute atomic E-state index is 0.0479. The Morgan fingerprint density at radius 3 is 2.54 bits per heavy atom. The maximum absolute atomic E-state index is 12.2. The van der Waals surface area contributed by atoms with Gasteiger partial charge in [-0.05, 0) is 39.9 Å². The molecule has 0 aliphatic carbocycles. The summed E-state index contributed by atoms with van der Waals surface area (Å²) in [5.41, 5.74) is -0.468. The monoisotopic (exact) mass is 363 g/mol. The lowest BCUT2D eigenvalue weighted by Crippen LogP contribution is -2.34. The van der Waals surface area contributed by atoms with E-state index in [2.05, 4.69) is 16.5 Å². The van der Waals surface area contributed by atoms with Gasteiger partial charge in [-0.25, -0.2) is 0 Å². The number of nitrogens with one attached hydrogen (secondary N) is 1. The summed E-state index contributed by atoms with van der Waals surface area (Å²) < 4.78 is 40.4. The van der Waals surface area contributed by atoms with E-state index in [9.17, 15) is 18.0 Å². The normalized spacial score (nSPS) is 12.8. The predicted octanol–water partition coefficient (Wildman–Crippen LogP) is 4.27. The summed E-state index contributed by atoms with van der Waals surface area (Å²) in [5.74, 6) is -0.0949. The molecular weight excluding hydrogens is 343 g/mol. The van der Waals surface area contributed by atoms with Crippen molar-refractivity contribution in [1.29, 1.82) is 5.26 Å². The molecule has 1 aromatic heterocycles. The van der Waals surface area contributed by atoms with E-state index in [0.717, 1.165) is 11.8 Å². The van der Waals surface area contributed by atoms with Crippen molar-refractivity contribution in [3.63, 3.8) is 0 Å². The molecular formula is C15H20F3N3O2S. The SMILES string of the molecule is CC(C)(SCCCC(F)(F)F)C(=O)Nc1cc(C(C)(C)C#N)no1. The molecule has 0 bridgehead atoms. The van der Waals surface area contributed by atoms with Gasteiger partial charge in [0.05, 0.1) is 16.2 Å². The number of nitrogens with zero attached hydrogens (tertiary/aromatic N) is 2. The second kappa shape index (κ2) is 7.47. The fraction of sp³-hybridized carbons (Fsp3) is 0.667. The van der Waals surface area contributed by atoms with Crippen LogP contribution in [0.3, 0.4) is 0 Å². The number of anilines is 1. The van der Waals surface area contributed by atoms with Crippen LogP contribution in [-0.4, -0.2) is 27.7 Å². The van der Waals surface area contributed by atoms with E-state index in [1.165, 1.54) is 6.07 Å². The fourth-order valence-electron chi connectivity index (χ4n) is 1.61. The largest absolute Gasteiger partial charge is 0.389 e. The number of thioether (sulfide) groups is 1. The van der Waals surface area contributed by atoms with Crippen LogP contribution in [0.1, 0.15) is 46.2 Å². The van der Waals surface area contributed by atoms with E-state index in [-0.39, 0.29) is 18.1 Å². The van der Waals surface area contributed by atoms with E-state index in [0.29, 0.717) is 5.69 Å². The van der Waals surface area contributed by atoms with E-state index >= 15 is 0 Å². The number of rotatable bonds is 7. The summed E-state index contributed by atoms with van der Waals surface area (Å²) in [7, 11) is 0. The molecule has 0 atom stereocenters. The van der Waals surface area contributed by atoms with Gasteiger partial charge in [0, 0.05) is 12.5 Å². The Morgan fingerprint density at radius 1 is 1.38 bits per heavy atom. The van der Waals surface area contributed by atoms with Gasteiger partial charge in [-0.15, -0.1) is 11.8 Å². The molecule has 0 spiro atoms. The number of nitriles is 1. The lowest BCUT2D eigenvalue weighted by molar-refractivity contribution is -0.134. The van der Waals surface area contributed by atoms with Gasteiger partial charge in [0.25, 0.3) is 0 Å². The first-order valence-corrected chi connectivity index (χ1v) is 8.26. The Bertz CT molecular complexity index is 618. The first kappa shape index (κ1) is 20.4. The third kappa shape index (κ3) is 6.07. The van der Waals surface area contributed by atoms with Gasteiger partial charge in [0.2, 0.25) is 11.8 Å². The molecule has 134 valence electrons. The van der Waals surface area contributed by atoms with Gasteiger partial charge in [-0.1, -0.05) is 5.16 Å². The van der Waals surface area contributed by atoms with E-state index in [1.807, 2.05) is 0 Å². The summed E-state index contributed by atoms with van der Waals surface area (Å²) in [4.78, 5) is 12.2. The lowest BCUT2D eigenvalue weighted by atomic mass is 9.92. The molecule has 0 aliphatic rings. The van der Waals surface area contributed by atoms with E-state index in [4.69, 9.17) is 9.78 Å². The molecule has 0 aromatic carbocycles. The number of halogens is 3. The van der Waals surface area contributed by atoms with Crippen LogP contribution < -0.4 is 5.32 Å². The van der Waals surface area contributed by atoms with Crippen LogP contribution in [0.2, 0.25) is 0 Å². The maximum atomic E-state index is 12.2. The van der Waals surface area contributed by atoms with Crippen molar-refractivity contribution in [2.45, 2.75) is 56.9 Å². The van der Waals surface area contributed by atoms with Crippen molar-refractivity contribution < 1.29 is 22.5 Å². The minimum Gasteiger partial charge on any atom is -0.338 e. The molecule has 0 saturated heterocycles. The number of hydrogen-bond donors (Lipinski definition) is 1. The molecule has 1 aromatic rings. The number of hydrogen-bond acceptors (Lipinski definition) is 5. The molecule has 24 heavy (non-hydrogen) atoms. The molecule has 0 aliphatic heterocycles. The van der Waals surface area contributed by atoms with Gasteiger partial charge in [0.15, 0.2) is 0 Å². The van der Waals surface area contributed by atoms with Crippen molar-refractivity contribution in [2.75, 3.05) is 11.1 Å². The first-order valence-electron chi connectivity index (χ1n) is 7.28. The topological polar surface area (TPSA) is 78.9 Å². The first-order chi connectivity index (χ1) is 10.9. The number of amides is 1. The predicted molar refractivity (Wildman–Crippen MR) is 85.6 cm³/mol. The third-order valence-electron chi connectivity index (χ3n) is 3.28. The van der Waals surface area contributed by atoms with E-state index in [1.54, 1.807) is 27.7 Å². The third-order valence-corrected chi connectivity index (χ3v) is 4.68. The Morgan fingerprint density at radius 2 is 2.00 bits per heavy atom. The highest BCUT2D eigenvalue weighted by Crippen LogP contribution is 2.30. The molecule has 0 radical (unpaired) electrons. The minimum atomic E-state index is -4.18. The highest BCUT2D eigenvalue weighted by atomic mass is 32.2. The molecule has 9 heteroatoms. The average Bonchev–Trinajstić information content (AvgIpc) is 2.92. The highest BCUT2D eigenvalue weighted by Gasteiger charge is 2.31. The van der Waals surface area contributed by atoms with E-state index < -0.39 is 28.7 Å². The quantitative estimate of drug-likeness (QED) is 0.732. The van der Waals surface area contributed by atoms with Crippen LogP contribution in [0.4, 0.5) is 19.1 Å². The van der Waals surface area contributed by atoms with Crippen molar-refractivity contribution in [1.82, 2.24) is 5.16 Å². The van der Waals surface area contributed by atoms with Crippen LogP contribution in [0.5, 0.6) is 0 Å². The van der Waals surface area contributed by atoms with Crippen LogP contribution in [-0.2, 0) is 10.2 Å². The zero-order chi connectivity index (χ0) is 18.6. The van der Waals surface area contributed by atoms with Gasteiger partial charge in [0.1, 0.15) is 5.69 Å². The smallest absolute Gasteiger partial charge is 0.338 e. The summed E-state index contributed by atoms with van der Waals surface area (Å²) in [5, 5.41) is 15.3. The molecule has 1 heterocycles. The second-order valence-corrected chi connectivity index (χ2v) is 8.06. The number of carbonyl (C=O) groups is 1. The van der Waals surface area contributed by atoms with Gasteiger partial charge in [-0.2, -0.15) is 18.4 Å². The highest BCUT2D eigenvalue weighted by molar-refractivity contribution is 8.01. The molecule has 0 fully saturated rings. The van der Waals surface area contributed by atoms with Crippen molar-refractivity contribution in [3.8, 4) is 6.07 Å². The van der Waals surface area contributed by atoms with Crippen molar-refractivity contribution in [2.24, 2.45) is 0 Å². The second-order valence-electron chi connectivity index (χ2n) is 6.34. The summed E-state index contributed by atoms with van der Waals surface area (Å²) in [6, 6.07) is 3.53. The number of alkyl halides is 3. The zero-order valence-corrected chi connectivity index (χ0v) is 14.8.